The van der Waals surface area contributed by atoms with Crippen LogP contribution < -0.4 is 16.0 Å². The lowest BCUT2D eigenvalue weighted by atomic mass is 9.93. The predicted molar refractivity (Wildman–Crippen MR) is 135 cm³/mol. The minimum Gasteiger partial charge on any atom is -0.444 e. The standard InChI is InChI=1S/C27H39N3O3/c1-18(2)22-14-11-15-23(19(3)4)24(22)30-25(31)28-17-21(16-20-12-9-8-10-13-20)29-26(32)33-27(5,6)7/h8-15,18-19,21H,16-17H2,1-7H3,(H,29,32)(H2,28,30,31)/t21-/m0/s1. The van der Waals surface area contributed by atoms with E-state index >= 15 is 0 Å². The van der Waals surface area contributed by atoms with E-state index in [-0.39, 0.29) is 30.5 Å². The largest absolute Gasteiger partial charge is 0.444 e. The summed E-state index contributed by atoms with van der Waals surface area (Å²) in [5.41, 5.74) is 3.53. The van der Waals surface area contributed by atoms with Crippen molar-refractivity contribution in [1.29, 1.82) is 0 Å². The molecular weight excluding hydrogens is 414 g/mol. The van der Waals surface area contributed by atoms with Gasteiger partial charge in [0.05, 0.1) is 6.04 Å². The second kappa shape index (κ2) is 11.7. The van der Waals surface area contributed by atoms with Gasteiger partial charge in [0.2, 0.25) is 0 Å². The first kappa shape index (κ1) is 26.2. The molecule has 2 aromatic carbocycles. The number of nitrogens with one attached hydrogen (secondary N) is 3. The Morgan fingerprint density at radius 1 is 0.879 bits per heavy atom. The Morgan fingerprint density at radius 3 is 1.97 bits per heavy atom. The normalized spacial score (nSPS) is 12.4. The van der Waals surface area contributed by atoms with Crippen molar-refractivity contribution in [3.8, 4) is 0 Å². The summed E-state index contributed by atoms with van der Waals surface area (Å²) in [5.74, 6) is 0.553. The van der Waals surface area contributed by atoms with E-state index in [4.69, 9.17) is 4.74 Å². The van der Waals surface area contributed by atoms with E-state index in [1.165, 1.54) is 0 Å². The van der Waals surface area contributed by atoms with Crippen LogP contribution in [0.1, 0.15) is 77.0 Å². The maximum atomic E-state index is 12.9. The van der Waals surface area contributed by atoms with Crippen molar-refractivity contribution in [1.82, 2.24) is 10.6 Å². The highest BCUT2D eigenvalue weighted by Crippen LogP contribution is 2.32. The van der Waals surface area contributed by atoms with E-state index in [9.17, 15) is 9.59 Å². The van der Waals surface area contributed by atoms with E-state index in [0.717, 1.165) is 22.4 Å². The molecule has 1 atom stereocenters. The number of hydrogen-bond donors (Lipinski definition) is 3. The van der Waals surface area contributed by atoms with Crippen LogP contribution in [-0.4, -0.2) is 30.3 Å². The van der Waals surface area contributed by atoms with Gasteiger partial charge in [-0.1, -0.05) is 76.2 Å². The number of carbonyl (C=O) groups excluding carboxylic acids is 2. The fourth-order valence-corrected chi connectivity index (χ4v) is 3.62. The predicted octanol–water partition coefficient (Wildman–Crippen LogP) is 6.19. The number of ether oxygens (including phenoxy) is 1. The highest BCUT2D eigenvalue weighted by Gasteiger charge is 2.21. The van der Waals surface area contributed by atoms with Crippen LogP contribution in [0.2, 0.25) is 0 Å². The van der Waals surface area contributed by atoms with Gasteiger partial charge in [0.15, 0.2) is 0 Å². The zero-order chi connectivity index (χ0) is 24.6. The second-order valence-corrected chi connectivity index (χ2v) is 9.99. The summed E-state index contributed by atoms with van der Waals surface area (Å²) in [6.45, 7) is 14.2. The van der Waals surface area contributed by atoms with E-state index in [1.54, 1.807) is 0 Å². The van der Waals surface area contributed by atoms with E-state index < -0.39 is 11.7 Å². The lowest BCUT2D eigenvalue weighted by molar-refractivity contribution is 0.0504. The Balaban J connectivity index is 2.11. The van der Waals surface area contributed by atoms with Crippen LogP contribution in [0.4, 0.5) is 15.3 Å². The van der Waals surface area contributed by atoms with Crippen LogP contribution in [0.3, 0.4) is 0 Å². The molecule has 33 heavy (non-hydrogen) atoms. The Hall–Kier alpha value is -3.02. The van der Waals surface area contributed by atoms with Gasteiger partial charge in [0, 0.05) is 12.2 Å². The molecule has 0 aromatic heterocycles. The summed E-state index contributed by atoms with van der Waals surface area (Å²) >= 11 is 0. The van der Waals surface area contributed by atoms with Crippen molar-refractivity contribution in [2.75, 3.05) is 11.9 Å². The number of alkyl carbamates (subject to hydrolysis) is 1. The number of hydrogen-bond acceptors (Lipinski definition) is 3. The highest BCUT2D eigenvalue weighted by molar-refractivity contribution is 5.91. The lowest BCUT2D eigenvalue weighted by Crippen LogP contribution is -2.47. The van der Waals surface area contributed by atoms with Crippen LogP contribution in [0.5, 0.6) is 0 Å². The molecule has 0 aliphatic carbocycles. The van der Waals surface area contributed by atoms with Gasteiger partial charge >= 0.3 is 12.1 Å². The molecule has 0 aliphatic rings. The SMILES string of the molecule is CC(C)c1cccc(C(C)C)c1NC(=O)NC[C@H](Cc1ccccc1)NC(=O)OC(C)(C)C. The average molecular weight is 454 g/mol. The molecule has 0 bridgehead atoms. The minimum atomic E-state index is -0.597. The van der Waals surface area contributed by atoms with Crippen LogP contribution in [0.25, 0.3) is 0 Å². The highest BCUT2D eigenvalue weighted by atomic mass is 16.6. The molecule has 0 heterocycles. The first-order chi connectivity index (χ1) is 15.5. The number of carbonyl (C=O) groups is 2. The van der Waals surface area contributed by atoms with Crippen molar-refractivity contribution in [2.45, 2.75) is 78.4 Å². The second-order valence-electron chi connectivity index (χ2n) is 9.99. The fraction of sp³-hybridized carbons (Fsp3) is 0.481. The summed E-state index contributed by atoms with van der Waals surface area (Å²) in [7, 11) is 0. The molecule has 0 aliphatic heterocycles. The molecule has 2 aromatic rings. The number of rotatable bonds is 8. The van der Waals surface area contributed by atoms with Gasteiger partial charge in [-0.3, -0.25) is 0 Å². The maximum Gasteiger partial charge on any atom is 0.407 e. The molecule has 0 saturated carbocycles. The van der Waals surface area contributed by atoms with Crippen LogP contribution in [0, 0.1) is 0 Å². The number of para-hydroxylation sites is 1. The molecule has 0 spiro atoms. The third kappa shape index (κ3) is 8.79. The molecule has 3 N–H and O–H groups in total. The average Bonchev–Trinajstić information content (AvgIpc) is 2.71. The van der Waals surface area contributed by atoms with Gasteiger partial charge in [0.1, 0.15) is 5.60 Å². The van der Waals surface area contributed by atoms with Crippen molar-refractivity contribution < 1.29 is 14.3 Å². The molecule has 0 saturated heterocycles. The molecule has 3 amide bonds. The minimum absolute atomic E-state index is 0.265. The van der Waals surface area contributed by atoms with Crippen LogP contribution in [-0.2, 0) is 11.2 Å². The number of anilines is 1. The molecule has 0 radical (unpaired) electrons. The van der Waals surface area contributed by atoms with E-state index in [2.05, 4.69) is 55.8 Å². The molecule has 2 rings (SSSR count). The number of urea groups is 1. The fourth-order valence-electron chi connectivity index (χ4n) is 3.62. The van der Waals surface area contributed by atoms with Gasteiger partial charge in [-0.05, 0) is 55.7 Å². The smallest absolute Gasteiger partial charge is 0.407 e. The van der Waals surface area contributed by atoms with E-state index in [1.807, 2.05) is 57.2 Å². The molecule has 180 valence electrons. The third-order valence-corrected chi connectivity index (χ3v) is 5.17. The van der Waals surface area contributed by atoms with Crippen LogP contribution >= 0.6 is 0 Å². The van der Waals surface area contributed by atoms with Gasteiger partial charge < -0.3 is 20.7 Å². The molecule has 6 heteroatoms. The lowest BCUT2D eigenvalue weighted by Gasteiger charge is -2.24. The zero-order valence-electron chi connectivity index (χ0n) is 21.0. The first-order valence-corrected chi connectivity index (χ1v) is 11.7. The molecule has 0 unspecified atom stereocenters. The van der Waals surface area contributed by atoms with Crippen molar-refractivity contribution >= 4 is 17.8 Å². The third-order valence-electron chi connectivity index (χ3n) is 5.17. The van der Waals surface area contributed by atoms with Gasteiger partial charge in [-0.15, -0.1) is 0 Å². The molecule has 6 nitrogen and oxygen atoms in total. The van der Waals surface area contributed by atoms with Gasteiger partial charge in [0.25, 0.3) is 0 Å². The van der Waals surface area contributed by atoms with Crippen molar-refractivity contribution in [2.24, 2.45) is 0 Å². The topological polar surface area (TPSA) is 79.5 Å². The summed E-state index contributed by atoms with van der Waals surface area (Å²) in [6, 6.07) is 15.4. The Morgan fingerprint density at radius 2 is 1.45 bits per heavy atom. The van der Waals surface area contributed by atoms with Crippen molar-refractivity contribution in [3.05, 3.63) is 65.2 Å². The van der Waals surface area contributed by atoms with Gasteiger partial charge in [-0.2, -0.15) is 0 Å². The zero-order valence-corrected chi connectivity index (χ0v) is 21.0. The molecular formula is C27H39N3O3. The Bertz CT molecular complexity index is 892. The van der Waals surface area contributed by atoms with Crippen LogP contribution in [0.15, 0.2) is 48.5 Å². The Kier molecular flexibility index (Phi) is 9.32. The summed E-state index contributed by atoms with van der Waals surface area (Å²) < 4.78 is 5.41. The van der Waals surface area contributed by atoms with E-state index in [0.29, 0.717) is 6.42 Å². The summed E-state index contributed by atoms with van der Waals surface area (Å²) in [5, 5.41) is 8.89. The quantitative estimate of drug-likeness (QED) is 0.446. The Labute approximate surface area is 198 Å². The summed E-state index contributed by atoms with van der Waals surface area (Å²) in [6.07, 6.45) is 0.0677. The number of benzene rings is 2. The van der Waals surface area contributed by atoms with Gasteiger partial charge in [-0.25, -0.2) is 9.59 Å². The molecule has 0 fully saturated rings. The first-order valence-electron chi connectivity index (χ1n) is 11.7. The summed E-state index contributed by atoms with van der Waals surface area (Å²) in [4.78, 5) is 25.2. The van der Waals surface area contributed by atoms with Crippen molar-refractivity contribution in [3.63, 3.8) is 0 Å². The number of amides is 3. The maximum absolute atomic E-state index is 12.9. The monoisotopic (exact) mass is 453 g/mol.